The van der Waals surface area contributed by atoms with Crippen LogP contribution in [0.25, 0.3) is 22.4 Å². The maximum atomic E-state index is 9.46. The van der Waals surface area contributed by atoms with Crippen molar-refractivity contribution in [2.75, 3.05) is 5.73 Å². The fourth-order valence-corrected chi connectivity index (χ4v) is 2.99. The van der Waals surface area contributed by atoms with Crippen LogP contribution in [-0.2, 0) is 0 Å². The van der Waals surface area contributed by atoms with Crippen LogP contribution >= 0.6 is 34.8 Å². The molecule has 0 saturated carbocycles. The molecule has 1 heterocycles. The third-order valence-electron chi connectivity index (χ3n) is 3.52. The lowest BCUT2D eigenvalue weighted by Crippen LogP contribution is -2.00. The van der Waals surface area contributed by atoms with Crippen molar-refractivity contribution in [1.82, 2.24) is 4.98 Å². The topological polar surface area (TPSA) is 62.7 Å². The minimum absolute atomic E-state index is 0.126. The van der Waals surface area contributed by atoms with Crippen LogP contribution in [0.15, 0.2) is 48.5 Å². The molecule has 0 amide bonds. The van der Waals surface area contributed by atoms with Crippen molar-refractivity contribution >= 4 is 40.6 Å². The highest BCUT2D eigenvalue weighted by atomic mass is 35.5. The molecule has 0 saturated heterocycles. The Balaban J connectivity index is 2.29. The summed E-state index contributed by atoms with van der Waals surface area (Å²) in [6.45, 7) is 0. The van der Waals surface area contributed by atoms with Crippen molar-refractivity contribution in [2.24, 2.45) is 0 Å². The van der Waals surface area contributed by atoms with Gasteiger partial charge in [-0.25, -0.2) is 4.98 Å². The summed E-state index contributed by atoms with van der Waals surface area (Å²) < 4.78 is 0. The Hall–Kier alpha value is -2.25. The highest BCUT2D eigenvalue weighted by molar-refractivity contribution is 6.43. The normalized spacial score (nSPS) is 10.4. The first-order valence-electron chi connectivity index (χ1n) is 6.92. The lowest BCUT2D eigenvalue weighted by atomic mass is 9.98. The van der Waals surface area contributed by atoms with Gasteiger partial charge in [0.15, 0.2) is 0 Å². The summed E-state index contributed by atoms with van der Waals surface area (Å²) in [6.07, 6.45) is 0. The molecule has 0 unspecified atom stereocenters. The minimum atomic E-state index is 0.126. The van der Waals surface area contributed by atoms with Crippen LogP contribution in [-0.4, -0.2) is 4.98 Å². The van der Waals surface area contributed by atoms with Crippen LogP contribution in [0.5, 0.6) is 0 Å². The number of anilines is 1. The molecule has 0 fully saturated rings. The van der Waals surface area contributed by atoms with Crippen LogP contribution in [0.2, 0.25) is 15.1 Å². The van der Waals surface area contributed by atoms with E-state index in [2.05, 4.69) is 11.1 Å². The zero-order chi connectivity index (χ0) is 17.3. The van der Waals surface area contributed by atoms with E-state index < -0.39 is 0 Å². The van der Waals surface area contributed by atoms with Gasteiger partial charge in [-0.3, -0.25) is 0 Å². The van der Waals surface area contributed by atoms with Gasteiger partial charge in [0.1, 0.15) is 17.5 Å². The molecule has 3 nitrogen and oxygen atoms in total. The first kappa shape index (κ1) is 16.6. The van der Waals surface area contributed by atoms with Crippen LogP contribution in [0.4, 0.5) is 5.82 Å². The molecule has 0 aliphatic rings. The van der Waals surface area contributed by atoms with Gasteiger partial charge in [-0.15, -0.1) is 0 Å². The van der Waals surface area contributed by atoms with Crippen molar-refractivity contribution in [3.05, 3.63) is 69.2 Å². The predicted octanol–water partition coefficient (Wildman–Crippen LogP) is 5.83. The molecular weight excluding hydrogens is 365 g/mol. The summed E-state index contributed by atoms with van der Waals surface area (Å²) in [4.78, 5) is 4.31. The summed E-state index contributed by atoms with van der Waals surface area (Å²) in [7, 11) is 0. The summed E-state index contributed by atoms with van der Waals surface area (Å²) in [5, 5.41) is 10.8. The number of rotatable bonds is 2. The number of halogens is 3. The number of nitrogens with zero attached hydrogens (tertiary/aromatic N) is 2. The molecule has 0 atom stereocenters. The molecule has 6 heteroatoms. The Labute approximate surface area is 154 Å². The lowest BCUT2D eigenvalue weighted by Gasteiger charge is -2.12. The Bertz CT molecular complexity index is 978. The van der Waals surface area contributed by atoms with E-state index in [4.69, 9.17) is 40.5 Å². The maximum absolute atomic E-state index is 9.46. The fourth-order valence-electron chi connectivity index (χ4n) is 2.40. The van der Waals surface area contributed by atoms with E-state index in [1.54, 1.807) is 36.4 Å². The monoisotopic (exact) mass is 373 g/mol. The largest absolute Gasteiger partial charge is 0.383 e. The number of nitrogens with two attached hydrogens (primary N) is 1. The van der Waals surface area contributed by atoms with Gasteiger partial charge in [-0.05, 0) is 24.3 Å². The molecule has 3 aromatic rings. The van der Waals surface area contributed by atoms with E-state index in [0.29, 0.717) is 31.9 Å². The summed E-state index contributed by atoms with van der Waals surface area (Å²) in [5.74, 6) is 0.126. The van der Waals surface area contributed by atoms with Gasteiger partial charge in [-0.2, -0.15) is 5.26 Å². The van der Waals surface area contributed by atoms with E-state index in [9.17, 15) is 5.26 Å². The molecule has 1 aromatic heterocycles. The maximum Gasteiger partial charge on any atom is 0.142 e. The van der Waals surface area contributed by atoms with E-state index in [1.807, 2.05) is 12.1 Å². The quantitative estimate of drug-likeness (QED) is 0.614. The Morgan fingerprint density at radius 3 is 2.42 bits per heavy atom. The second-order valence-corrected chi connectivity index (χ2v) is 6.26. The van der Waals surface area contributed by atoms with Gasteiger partial charge in [0.05, 0.1) is 15.7 Å². The molecule has 0 radical (unpaired) electrons. The van der Waals surface area contributed by atoms with E-state index >= 15 is 0 Å². The molecule has 0 bridgehead atoms. The third kappa shape index (κ3) is 3.05. The zero-order valence-corrected chi connectivity index (χ0v) is 14.5. The molecule has 24 heavy (non-hydrogen) atoms. The molecule has 0 aliphatic heterocycles. The van der Waals surface area contributed by atoms with Gasteiger partial charge >= 0.3 is 0 Å². The van der Waals surface area contributed by atoms with Crippen molar-refractivity contribution in [3.8, 4) is 28.5 Å². The predicted molar refractivity (Wildman–Crippen MR) is 99.3 cm³/mol. The van der Waals surface area contributed by atoms with Crippen LogP contribution in [0, 0.1) is 11.3 Å². The van der Waals surface area contributed by atoms with Crippen LogP contribution in [0.1, 0.15) is 5.56 Å². The molecule has 0 aliphatic carbocycles. The van der Waals surface area contributed by atoms with E-state index in [0.717, 1.165) is 5.56 Å². The highest BCUT2D eigenvalue weighted by Crippen LogP contribution is 2.38. The third-order valence-corrected chi connectivity index (χ3v) is 4.58. The standard InChI is InChI=1S/C18H10Cl3N3/c19-11-4-1-3-10(7-11)16-8-13(14(9-22)18(23)24-16)12-5-2-6-15(20)17(12)21/h1-8H,(H2,23,24). The fraction of sp³-hybridized carbons (Fsp3) is 0. The number of pyridine rings is 1. The Morgan fingerprint density at radius 2 is 1.71 bits per heavy atom. The summed E-state index contributed by atoms with van der Waals surface area (Å²) >= 11 is 18.5. The van der Waals surface area contributed by atoms with Crippen molar-refractivity contribution < 1.29 is 0 Å². The van der Waals surface area contributed by atoms with Crippen LogP contribution < -0.4 is 5.73 Å². The molecule has 0 spiro atoms. The van der Waals surface area contributed by atoms with Gasteiger partial charge in [-0.1, -0.05) is 59.1 Å². The molecule has 118 valence electrons. The number of hydrogen-bond acceptors (Lipinski definition) is 3. The molecule has 2 N–H and O–H groups in total. The first-order chi connectivity index (χ1) is 11.5. The van der Waals surface area contributed by atoms with Gasteiger partial charge in [0, 0.05) is 21.7 Å². The van der Waals surface area contributed by atoms with Gasteiger partial charge < -0.3 is 5.73 Å². The van der Waals surface area contributed by atoms with Crippen molar-refractivity contribution in [2.45, 2.75) is 0 Å². The van der Waals surface area contributed by atoms with Gasteiger partial charge in [0.25, 0.3) is 0 Å². The zero-order valence-electron chi connectivity index (χ0n) is 12.2. The van der Waals surface area contributed by atoms with Crippen molar-refractivity contribution in [1.29, 1.82) is 5.26 Å². The van der Waals surface area contributed by atoms with Crippen LogP contribution in [0.3, 0.4) is 0 Å². The Kier molecular flexibility index (Phi) is 4.64. The lowest BCUT2D eigenvalue weighted by molar-refractivity contribution is 1.31. The number of aromatic nitrogens is 1. The number of nitriles is 1. The summed E-state index contributed by atoms with van der Waals surface area (Å²) in [5.41, 5.74) is 8.83. The Morgan fingerprint density at radius 1 is 0.958 bits per heavy atom. The number of hydrogen-bond donors (Lipinski definition) is 1. The number of benzene rings is 2. The highest BCUT2D eigenvalue weighted by Gasteiger charge is 2.16. The first-order valence-corrected chi connectivity index (χ1v) is 8.05. The average Bonchev–Trinajstić information content (AvgIpc) is 2.56. The second kappa shape index (κ2) is 6.70. The SMILES string of the molecule is N#Cc1c(-c2cccc(Cl)c2Cl)cc(-c2cccc(Cl)c2)nc1N. The van der Waals surface area contributed by atoms with Gasteiger partial charge in [0.2, 0.25) is 0 Å². The minimum Gasteiger partial charge on any atom is -0.383 e. The smallest absolute Gasteiger partial charge is 0.142 e. The van der Waals surface area contributed by atoms with E-state index in [1.165, 1.54) is 0 Å². The van der Waals surface area contributed by atoms with E-state index in [-0.39, 0.29) is 11.4 Å². The summed E-state index contributed by atoms with van der Waals surface area (Å²) in [6, 6.07) is 16.3. The average molecular weight is 375 g/mol. The van der Waals surface area contributed by atoms with Crippen molar-refractivity contribution in [3.63, 3.8) is 0 Å². The molecule has 3 rings (SSSR count). The number of nitrogen functional groups attached to an aromatic ring is 1. The second-order valence-electron chi connectivity index (χ2n) is 5.04. The molecular formula is C18H10Cl3N3. The molecule has 2 aromatic carbocycles.